The van der Waals surface area contributed by atoms with Gasteiger partial charge < -0.3 is 10.1 Å². The summed E-state index contributed by atoms with van der Waals surface area (Å²) in [7, 11) is 0. The minimum atomic E-state index is -0.278. The van der Waals surface area contributed by atoms with E-state index in [0.717, 1.165) is 48.4 Å². The first-order valence-electron chi connectivity index (χ1n) is 7.66. The number of halogens is 1. The predicted molar refractivity (Wildman–Crippen MR) is 85.6 cm³/mol. The molecule has 0 amide bonds. The second-order valence-electron chi connectivity index (χ2n) is 5.90. The number of fused-ring (bicyclic) bond motifs is 1. The summed E-state index contributed by atoms with van der Waals surface area (Å²) in [6.45, 7) is 1.66. The fraction of sp³-hybridized carbons (Fsp3) is 0.263. The van der Waals surface area contributed by atoms with Crippen LogP contribution in [0.25, 0.3) is 10.9 Å². The van der Waals surface area contributed by atoms with E-state index in [0.29, 0.717) is 0 Å². The Kier molecular flexibility index (Phi) is 4.64. The fourth-order valence-electron chi connectivity index (χ4n) is 3.26. The van der Waals surface area contributed by atoms with Gasteiger partial charge in [0.15, 0.2) is 0 Å². The first-order chi connectivity index (χ1) is 10.8. The van der Waals surface area contributed by atoms with Gasteiger partial charge in [-0.2, -0.15) is 0 Å². The molecule has 1 fully saturated rings. The molecule has 2 aliphatic heterocycles. The third kappa shape index (κ3) is 3.10. The van der Waals surface area contributed by atoms with Gasteiger partial charge in [0.2, 0.25) is 0 Å². The van der Waals surface area contributed by atoms with Crippen molar-refractivity contribution in [3.05, 3.63) is 76.9 Å². The Labute approximate surface area is 147 Å². The van der Waals surface area contributed by atoms with Gasteiger partial charge in [0.05, 0.1) is 0 Å². The van der Waals surface area contributed by atoms with Crippen molar-refractivity contribution in [3.63, 3.8) is 0 Å². The second-order valence-corrected chi connectivity index (χ2v) is 5.90. The molecule has 2 aromatic carbocycles. The van der Waals surface area contributed by atoms with Crippen molar-refractivity contribution < 1.29 is 28.0 Å². The molecule has 0 bridgehead atoms. The fourth-order valence-corrected chi connectivity index (χ4v) is 3.26. The summed E-state index contributed by atoms with van der Waals surface area (Å²) < 4.78 is 19.6. The first-order valence-corrected chi connectivity index (χ1v) is 7.66. The average Bonchev–Trinajstić information content (AvgIpc) is 2.56. The van der Waals surface area contributed by atoms with Crippen molar-refractivity contribution in [1.82, 2.24) is 0 Å². The van der Waals surface area contributed by atoms with Gasteiger partial charge >= 0.3 is 18.9 Å². The second kappa shape index (κ2) is 6.53. The summed E-state index contributed by atoms with van der Waals surface area (Å²) in [5.41, 5.74) is 2.95. The first kappa shape index (κ1) is 16.3. The number of nitrogens with zero attached hydrogens (tertiary/aromatic N) is 1. The molecule has 0 unspecified atom stereocenters. The van der Waals surface area contributed by atoms with Gasteiger partial charge in [0, 0.05) is 5.56 Å². The topological polar surface area (TPSA) is 23.3 Å². The number of piperidine rings is 1. The Hall–Kier alpha value is -1.53. The van der Waals surface area contributed by atoms with E-state index < -0.39 is 0 Å². The summed E-state index contributed by atoms with van der Waals surface area (Å²) in [6.07, 6.45) is 4.01. The monoisotopic (exact) mass is 301 g/mol. The molecule has 2 aliphatic rings. The van der Waals surface area contributed by atoms with Crippen molar-refractivity contribution in [2.45, 2.75) is 18.4 Å². The van der Waals surface area contributed by atoms with Crippen molar-refractivity contribution in [2.75, 3.05) is 13.1 Å². The van der Waals surface area contributed by atoms with Crippen LogP contribution in [0.3, 0.4) is 0 Å². The normalized spacial score (nSPS) is 18.4. The standard InChI is InChI=1S/C19H17FNO.Li/c20-15-7-5-14(6-8-15)17-13-19(9-11-21-12-10-19)22-18-4-2-1-3-16(17)18;/h1-8,13H,9-12H2;/q-1;+1. The molecule has 0 radical (unpaired) electrons. The van der Waals surface area contributed by atoms with Crippen LogP contribution in [0.2, 0.25) is 0 Å². The number of benzene rings is 2. The average molecular weight is 301 g/mol. The van der Waals surface area contributed by atoms with E-state index in [1.54, 1.807) is 0 Å². The molecule has 0 aromatic heterocycles. The van der Waals surface area contributed by atoms with Crippen LogP contribution in [0.1, 0.15) is 24.0 Å². The molecule has 1 spiro atoms. The van der Waals surface area contributed by atoms with Crippen LogP contribution in [-0.2, 0) is 0 Å². The van der Waals surface area contributed by atoms with Crippen molar-refractivity contribution in [3.8, 4) is 5.75 Å². The third-order valence-electron chi connectivity index (χ3n) is 4.44. The van der Waals surface area contributed by atoms with E-state index >= 15 is 0 Å². The van der Waals surface area contributed by atoms with Gasteiger partial charge in [-0.05, 0) is 48.3 Å². The van der Waals surface area contributed by atoms with E-state index in [9.17, 15) is 4.39 Å². The number of hydrogen-bond donors (Lipinski definition) is 0. The number of para-hydroxylation sites is 1. The molecule has 4 heteroatoms. The minimum absolute atomic E-state index is 0. The maximum atomic E-state index is 13.2. The summed E-state index contributed by atoms with van der Waals surface area (Å²) >= 11 is 0. The Morgan fingerprint density at radius 2 is 1.65 bits per heavy atom. The minimum Gasteiger partial charge on any atom is -0.662 e. The van der Waals surface area contributed by atoms with Crippen LogP contribution in [0.4, 0.5) is 4.39 Å². The smallest absolute Gasteiger partial charge is 0.662 e. The molecule has 0 aliphatic carbocycles. The Morgan fingerprint density at radius 1 is 0.957 bits per heavy atom. The van der Waals surface area contributed by atoms with Crippen LogP contribution in [0, 0.1) is 5.82 Å². The number of rotatable bonds is 1. The van der Waals surface area contributed by atoms with E-state index in [-0.39, 0.29) is 30.3 Å². The molecule has 0 N–H and O–H groups in total. The van der Waals surface area contributed by atoms with Gasteiger partial charge in [0.1, 0.15) is 17.2 Å². The zero-order valence-electron chi connectivity index (χ0n) is 13.3. The summed E-state index contributed by atoms with van der Waals surface area (Å²) in [6, 6.07) is 14.8. The molecule has 1 saturated heterocycles. The summed E-state index contributed by atoms with van der Waals surface area (Å²) in [5.74, 6) is 0.696. The number of hydrogen-bond acceptors (Lipinski definition) is 1. The quantitative estimate of drug-likeness (QED) is 0.733. The molecular formula is C19H17FLiNO. The SMILES string of the molecule is Fc1ccc(C2=CC3(CC[N-]CC3)Oc3ccccc32)cc1.[Li+]. The molecule has 112 valence electrons. The summed E-state index contributed by atoms with van der Waals surface area (Å²) in [5, 5.41) is 4.43. The molecule has 2 aromatic rings. The predicted octanol–water partition coefficient (Wildman–Crippen LogP) is 1.56. The third-order valence-corrected chi connectivity index (χ3v) is 4.44. The van der Waals surface area contributed by atoms with Gasteiger partial charge in [-0.15, -0.1) is 13.1 Å². The van der Waals surface area contributed by atoms with Gasteiger partial charge in [-0.1, -0.05) is 30.3 Å². The molecule has 23 heavy (non-hydrogen) atoms. The maximum absolute atomic E-state index is 13.2. The van der Waals surface area contributed by atoms with E-state index in [1.165, 1.54) is 12.1 Å². The van der Waals surface area contributed by atoms with E-state index in [4.69, 9.17) is 4.74 Å². The van der Waals surface area contributed by atoms with E-state index in [1.807, 2.05) is 30.3 Å². The summed E-state index contributed by atoms with van der Waals surface area (Å²) in [4.78, 5) is 0. The van der Waals surface area contributed by atoms with Gasteiger partial charge in [0.25, 0.3) is 0 Å². The van der Waals surface area contributed by atoms with Crippen LogP contribution < -0.4 is 23.6 Å². The Balaban J connectivity index is 0.00000156. The Bertz CT molecular complexity index is 720. The number of ether oxygens (including phenoxy) is 1. The van der Waals surface area contributed by atoms with Crippen molar-refractivity contribution in [1.29, 1.82) is 0 Å². The van der Waals surface area contributed by atoms with Crippen LogP contribution in [-0.4, -0.2) is 18.7 Å². The van der Waals surface area contributed by atoms with Crippen LogP contribution in [0.15, 0.2) is 54.6 Å². The van der Waals surface area contributed by atoms with Crippen LogP contribution in [0.5, 0.6) is 5.75 Å². The van der Waals surface area contributed by atoms with Gasteiger partial charge in [-0.25, -0.2) is 4.39 Å². The maximum Gasteiger partial charge on any atom is 1.00 e. The van der Waals surface area contributed by atoms with Gasteiger partial charge in [-0.3, -0.25) is 0 Å². The molecule has 2 nitrogen and oxygen atoms in total. The van der Waals surface area contributed by atoms with Crippen molar-refractivity contribution >= 4 is 5.57 Å². The molecule has 0 atom stereocenters. The van der Waals surface area contributed by atoms with Crippen molar-refractivity contribution in [2.24, 2.45) is 0 Å². The molecule has 4 rings (SSSR count). The molecule has 0 saturated carbocycles. The largest absolute Gasteiger partial charge is 1.00 e. The van der Waals surface area contributed by atoms with Crippen LogP contribution >= 0.6 is 0 Å². The van der Waals surface area contributed by atoms with E-state index in [2.05, 4.69) is 17.5 Å². The molecular weight excluding hydrogens is 284 g/mol. The zero-order chi connectivity index (χ0) is 15.0. The zero-order valence-corrected chi connectivity index (χ0v) is 13.3. The molecule has 2 heterocycles. The Morgan fingerprint density at radius 3 is 2.39 bits per heavy atom.